The summed E-state index contributed by atoms with van der Waals surface area (Å²) in [6.45, 7) is 4.53. The van der Waals surface area contributed by atoms with E-state index in [0.717, 1.165) is 6.54 Å². The van der Waals surface area contributed by atoms with Crippen molar-refractivity contribution in [1.82, 2.24) is 14.1 Å². The number of methoxy groups -OCH3 is 1. The Morgan fingerprint density at radius 2 is 1.88 bits per heavy atom. The number of hydrogen-bond donors (Lipinski definition) is 2. The Bertz CT molecular complexity index is 1320. The van der Waals surface area contributed by atoms with Gasteiger partial charge in [-0.15, -0.1) is 0 Å². The second-order valence-electron chi connectivity index (χ2n) is 11.1. The molecule has 42 heavy (non-hydrogen) atoms. The number of likely N-dealkylation sites (N-methyl/N-ethyl adjacent to an activating group) is 1. The first kappa shape index (κ1) is 33.3. The molecule has 3 rings (SSSR count). The number of hydrogen-bond acceptors (Lipinski definition) is 8. The number of benzene rings is 2. The number of anilines is 1. The standard InChI is InChI=1S/C30H44N4O7S/c1-21-18-34(22(2)20-35)30(37)17-23-16-24(31-29(36)8-7-15-32(3)4)9-14-27(23)41-28(21)19-33(5)42(38,39)26-12-10-25(40-6)11-13-26/h9-14,16,21-22,28,35H,7-8,15,17-20H2,1-6H3,(H,31,36)/t21-,22+,28+/m0/s1. The summed E-state index contributed by atoms with van der Waals surface area (Å²) < 4.78 is 39.6. The van der Waals surface area contributed by atoms with Crippen LogP contribution in [-0.4, -0.2) is 106 Å². The van der Waals surface area contributed by atoms with E-state index in [2.05, 4.69) is 5.32 Å². The fourth-order valence-corrected chi connectivity index (χ4v) is 5.97. The van der Waals surface area contributed by atoms with Crippen LogP contribution in [0.4, 0.5) is 5.69 Å². The minimum absolute atomic E-state index is 0.00341. The lowest BCUT2D eigenvalue weighted by Crippen LogP contribution is -2.48. The molecule has 1 aliphatic rings. The van der Waals surface area contributed by atoms with E-state index >= 15 is 0 Å². The fraction of sp³-hybridized carbons (Fsp3) is 0.533. The first-order valence-corrected chi connectivity index (χ1v) is 15.5. The second-order valence-corrected chi connectivity index (χ2v) is 13.2. The van der Waals surface area contributed by atoms with Gasteiger partial charge in [-0.2, -0.15) is 4.31 Å². The maximum Gasteiger partial charge on any atom is 0.242 e. The van der Waals surface area contributed by atoms with Crippen molar-refractivity contribution in [2.75, 3.05) is 59.8 Å². The lowest BCUT2D eigenvalue weighted by Gasteiger charge is -2.33. The molecular weight excluding hydrogens is 560 g/mol. The van der Waals surface area contributed by atoms with Gasteiger partial charge in [0.05, 0.1) is 37.6 Å². The molecule has 0 spiro atoms. The maximum atomic E-state index is 13.4. The summed E-state index contributed by atoms with van der Waals surface area (Å²) in [6, 6.07) is 10.9. The Labute approximate surface area is 249 Å². The topological polar surface area (TPSA) is 129 Å². The third-order valence-corrected chi connectivity index (χ3v) is 9.25. The Hall–Kier alpha value is -3.19. The van der Waals surface area contributed by atoms with Crippen LogP contribution in [0, 0.1) is 5.92 Å². The molecule has 2 aromatic rings. The molecule has 1 heterocycles. The number of sulfonamides is 1. The average Bonchev–Trinajstić information content (AvgIpc) is 2.99. The van der Waals surface area contributed by atoms with Crippen molar-refractivity contribution >= 4 is 27.5 Å². The number of aliphatic hydroxyl groups is 1. The number of rotatable bonds is 12. The molecule has 2 N–H and O–H groups in total. The normalized spacial score (nSPS) is 18.5. The number of carbonyl (C=O) groups is 2. The molecule has 2 amide bonds. The van der Waals surface area contributed by atoms with Crippen LogP contribution in [0.15, 0.2) is 47.4 Å². The lowest BCUT2D eigenvalue weighted by molar-refractivity contribution is -0.134. The first-order valence-electron chi connectivity index (χ1n) is 14.1. The molecule has 3 atom stereocenters. The van der Waals surface area contributed by atoms with Gasteiger partial charge in [-0.1, -0.05) is 6.92 Å². The molecule has 2 aromatic carbocycles. The van der Waals surface area contributed by atoms with E-state index in [9.17, 15) is 23.1 Å². The van der Waals surface area contributed by atoms with Crippen LogP contribution in [0.1, 0.15) is 32.3 Å². The summed E-state index contributed by atoms with van der Waals surface area (Å²) in [6.07, 6.45) is 0.462. The van der Waals surface area contributed by atoms with Gasteiger partial charge in [-0.25, -0.2) is 8.42 Å². The van der Waals surface area contributed by atoms with Crippen molar-refractivity contribution in [3.63, 3.8) is 0 Å². The highest BCUT2D eigenvalue weighted by atomic mass is 32.2. The number of nitrogens with one attached hydrogen (secondary N) is 1. The number of ether oxygens (including phenoxy) is 2. The number of carbonyl (C=O) groups excluding carboxylic acids is 2. The smallest absolute Gasteiger partial charge is 0.242 e. The van der Waals surface area contributed by atoms with Gasteiger partial charge in [-0.05, 0) is 76.4 Å². The van der Waals surface area contributed by atoms with E-state index < -0.39 is 22.2 Å². The molecule has 0 bridgehead atoms. The van der Waals surface area contributed by atoms with Gasteiger partial charge >= 0.3 is 0 Å². The van der Waals surface area contributed by atoms with Crippen LogP contribution in [-0.2, 0) is 26.0 Å². The molecule has 0 saturated heterocycles. The zero-order chi connectivity index (χ0) is 31.0. The predicted octanol–water partition coefficient (Wildman–Crippen LogP) is 2.45. The highest BCUT2D eigenvalue weighted by molar-refractivity contribution is 7.89. The van der Waals surface area contributed by atoms with Crippen LogP contribution in [0.25, 0.3) is 0 Å². The fourth-order valence-electron chi connectivity index (χ4n) is 4.78. The molecule has 232 valence electrons. The number of fused-ring (bicyclic) bond motifs is 1. The van der Waals surface area contributed by atoms with Gasteiger partial charge in [0, 0.05) is 37.2 Å². The van der Waals surface area contributed by atoms with Gasteiger partial charge in [0.2, 0.25) is 21.8 Å². The Balaban J connectivity index is 1.89. The van der Waals surface area contributed by atoms with Gasteiger partial charge in [0.25, 0.3) is 0 Å². The van der Waals surface area contributed by atoms with Crippen molar-refractivity contribution in [2.45, 2.75) is 50.2 Å². The first-order chi connectivity index (χ1) is 19.8. The minimum Gasteiger partial charge on any atom is -0.497 e. The SMILES string of the molecule is COc1ccc(S(=O)(=O)N(C)C[C@H]2Oc3ccc(NC(=O)CCCN(C)C)cc3CC(=O)N([C@H](C)CO)C[C@@H]2C)cc1. The van der Waals surface area contributed by atoms with Gasteiger partial charge in [-0.3, -0.25) is 9.59 Å². The van der Waals surface area contributed by atoms with Crippen LogP contribution in [0.2, 0.25) is 0 Å². The van der Waals surface area contributed by atoms with Gasteiger partial charge in [0.1, 0.15) is 17.6 Å². The van der Waals surface area contributed by atoms with Crippen LogP contribution in [0.5, 0.6) is 11.5 Å². The van der Waals surface area contributed by atoms with Gasteiger partial charge in [0.15, 0.2) is 0 Å². The summed E-state index contributed by atoms with van der Waals surface area (Å²) in [5, 5.41) is 12.8. The number of amides is 2. The van der Waals surface area contributed by atoms with Crippen LogP contribution < -0.4 is 14.8 Å². The molecule has 0 aromatic heterocycles. The van der Waals surface area contributed by atoms with E-state index in [-0.39, 0.29) is 48.7 Å². The quantitative estimate of drug-likeness (QED) is 0.378. The lowest BCUT2D eigenvalue weighted by atomic mass is 10.0. The van der Waals surface area contributed by atoms with Crippen LogP contribution in [0.3, 0.4) is 0 Å². The van der Waals surface area contributed by atoms with E-state index in [1.54, 1.807) is 42.2 Å². The molecule has 1 aliphatic heterocycles. The van der Waals surface area contributed by atoms with Crippen molar-refractivity contribution < 1.29 is 32.6 Å². The van der Waals surface area contributed by atoms with Crippen molar-refractivity contribution in [1.29, 1.82) is 0 Å². The van der Waals surface area contributed by atoms with E-state index in [4.69, 9.17) is 9.47 Å². The van der Waals surface area contributed by atoms with Crippen LogP contribution >= 0.6 is 0 Å². The third kappa shape index (κ3) is 8.66. The second kappa shape index (κ2) is 14.8. The summed E-state index contributed by atoms with van der Waals surface area (Å²) in [4.78, 5) is 29.7. The Morgan fingerprint density at radius 1 is 1.19 bits per heavy atom. The summed E-state index contributed by atoms with van der Waals surface area (Å²) in [5.41, 5.74) is 1.12. The van der Waals surface area contributed by atoms with Crippen molar-refractivity contribution in [3.8, 4) is 11.5 Å². The molecule has 0 radical (unpaired) electrons. The summed E-state index contributed by atoms with van der Waals surface area (Å²) in [7, 11) is 3.07. The predicted molar refractivity (Wildman–Crippen MR) is 161 cm³/mol. The largest absolute Gasteiger partial charge is 0.497 e. The highest BCUT2D eigenvalue weighted by Crippen LogP contribution is 2.30. The van der Waals surface area contributed by atoms with Gasteiger partial charge < -0.3 is 29.7 Å². The zero-order valence-electron chi connectivity index (χ0n) is 25.4. The highest BCUT2D eigenvalue weighted by Gasteiger charge is 2.33. The average molecular weight is 605 g/mol. The van der Waals surface area contributed by atoms with E-state index in [0.29, 0.717) is 35.6 Å². The molecular formula is C30H44N4O7S. The monoisotopic (exact) mass is 604 g/mol. The Kier molecular flexibility index (Phi) is 11.7. The molecule has 11 nitrogen and oxygen atoms in total. The number of nitrogens with zero attached hydrogens (tertiary/aromatic N) is 3. The maximum absolute atomic E-state index is 13.4. The zero-order valence-corrected chi connectivity index (χ0v) is 26.2. The van der Waals surface area contributed by atoms with Crippen molar-refractivity contribution in [2.24, 2.45) is 5.92 Å². The van der Waals surface area contributed by atoms with Crippen molar-refractivity contribution in [3.05, 3.63) is 48.0 Å². The minimum atomic E-state index is -3.85. The third-order valence-electron chi connectivity index (χ3n) is 7.41. The summed E-state index contributed by atoms with van der Waals surface area (Å²) in [5.74, 6) is 0.397. The molecule has 0 saturated carbocycles. The molecule has 12 heteroatoms. The number of aliphatic hydroxyl groups excluding tert-OH is 1. The molecule has 0 fully saturated rings. The van der Waals surface area contributed by atoms with E-state index in [1.807, 2.05) is 25.9 Å². The van der Waals surface area contributed by atoms with E-state index in [1.165, 1.54) is 30.6 Å². The Morgan fingerprint density at radius 3 is 2.50 bits per heavy atom. The summed E-state index contributed by atoms with van der Waals surface area (Å²) >= 11 is 0. The molecule has 0 aliphatic carbocycles. The molecule has 0 unspecified atom stereocenters.